The molecule has 2 N–H and O–H groups in total. The maximum absolute atomic E-state index is 11.2. The number of carbonyl (C=O) groups is 1. The van der Waals surface area contributed by atoms with E-state index < -0.39 is 0 Å². The van der Waals surface area contributed by atoms with Crippen LogP contribution in [0.5, 0.6) is 0 Å². The van der Waals surface area contributed by atoms with Gasteiger partial charge in [-0.1, -0.05) is 60.7 Å². The normalized spacial score (nSPS) is 11.9. The predicted octanol–water partition coefficient (Wildman–Crippen LogP) is 5.71. The maximum atomic E-state index is 11.2. The van der Waals surface area contributed by atoms with Crippen LogP contribution in [0.4, 0.5) is 5.82 Å². The largest absolute Gasteiger partial charge is 0.311 e. The van der Waals surface area contributed by atoms with Gasteiger partial charge in [0.1, 0.15) is 5.82 Å². The maximum Gasteiger partial charge on any atom is 0.222 e. The Morgan fingerprint density at radius 1 is 0.933 bits per heavy atom. The minimum atomic E-state index is -0.122. The van der Waals surface area contributed by atoms with Crippen LogP contribution in [0.1, 0.15) is 31.0 Å². The zero-order valence-corrected chi connectivity index (χ0v) is 17.2. The van der Waals surface area contributed by atoms with E-state index in [9.17, 15) is 4.79 Å². The SMILES string of the molecule is CC(=O)Nc1ccc(-c2cccc(CN[C@H](C)c3cccc4ccccc34)c2)cn1. The monoisotopic (exact) mass is 395 g/mol. The van der Waals surface area contributed by atoms with Gasteiger partial charge in [0.15, 0.2) is 0 Å². The van der Waals surface area contributed by atoms with Gasteiger partial charge in [-0.15, -0.1) is 0 Å². The molecule has 1 aromatic heterocycles. The topological polar surface area (TPSA) is 54.0 Å². The molecule has 4 rings (SSSR count). The Labute approximate surface area is 177 Å². The average Bonchev–Trinajstić information content (AvgIpc) is 2.77. The van der Waals surface area contributed by atoms with Crippen LogP contribution in [0.2, 0.25) is 0 Å². The second kappa shape index (κ2) is 8.89. The number of amides is 1. The van der Waals surface area contributed by atoms with Crippen LogP contribution in [0.15, 0.2) is 85.1 Å². The van der Waals surface area contributed by atoms with Crippen molar-refractivity contribution in [3.63, 3.8) is 0 Å². The van der Waals surface area contributed by atoms with Crippen molar-refractivity contribution >= 4 is 22.5 Å². The van der Waals surface area contributed by atoms with E-state index in [1.165, 1.54) is 28.8 Å². The van der Waals surface area contributed by atoms with Crippen molar-refractivity contribution in [2.75, 3.05) is 5.32 Å². The third kappa shape index (κ3) is 4.56. The molecule has 150 valence electrons. The summed E-state index contributed by atoms with van der Waals surface area (Å²) in [6.07, 6.45) is 1.79. The molecule has 30 heavy (non-hydrogen) atoms. The van der Waals surface area contributed by atoms with Gasteiger partial charge in [0.25, 0.3) is 0 Å². The first-order valence-electron chi connectivity index (χ1n) is 10.1. The Hall–Kier alpha value is -3.50. The van der Waals surface area contributed by atoms with Crippen molar-refractivity contribution in [3.8, 4) is 11.1 Å². The number of pyridine rings is 1. The van der Waals surface area contributed by atoms with Crippen LogP contribution in [-0.2, 0) is 11.3 Å². The lowest BCUT2D eigenvalue weighted by atomic mass is 9.99. The number of hydrogen-bond donors (Lipinski definition) is 2. The van der Waals surface area contributed by atoms with Crippen LogP contribution in [0.3, 0.4) is 0 Å². The molecule has 0 saturated carbocycles. The number of nitrogens with one attached hydrogen (secondary N) is 2. The standard InChI is InChI=1S/C26H25N3O/c1-18(24-12-6-9-21-8-3-4-11-25(21)24)27-16-20-7-5-10-22(15-20)23-13-14-26(28-17-23)29-19(2)30/h3-15,17-18,27H,16H2,1-2H3,(H,28,29,30)/t18-/m1/s1. The number of carbonyl (C=O) groups excluding carboxylic acids is 1. The summed E-state index contributed by atoms with van der Waals surface area (Å²) in [6, 6.07) is 27.5. The fraction of sp³-hybridized carbons (Fsp3) is 0.154. The molecule has 0 saturated heterocycles. The lowest BCUT2D eigenvalue weighted by Crippen LogP contribution is -2.18. The highest BCUT2D eigenvalue weighted by molar-refractivity contribution is 5.88. The molecule has 0 radical (unpaired) electrons. The molecule has 1 heterocycles. The highest BCUT2D eigenvalue weighted by atomic mass is 16.1. The predicted molar refractivity (Wildman–Crippen MR) is 123 cm³/mol. The second-order valence-corrected chi connectivity index (χ2v) is 7.48. The minimum absolute atomic E-state index is 0.122. The van der Waals surface area contributed by atoms with Gasteiger partial charge in [-0.3, -0.25) is 4.79 Å². The number of benzene rings is 3. The van der Waals surface area contributed by atoms with E-state index in [1.807, 2.05) is 12.1 Å². The second-order valence-electron chi connectivity index (χ2n) is 7.48. The number of rotatable bonds is 6. The van der Waals surface area contributed by atoms with Crippen molar-refractivity contribution in [2.45, 2.75) is 26.4 Å². The van der Waals surface area contributed by atoms with Crippen LogP contribution in [0, 0.1) is 0 Å². The molecule has 0 aliphatic rings. The third-order valence-corrected chi connectivity index (χ3v) is 5.23. The van der Waals surface area contributed by atoms with Crippen LogP contribution >= 0.6 is 0 Å². The summed E-state index contributed by atoms with van der Waals surface area (Å²) in [6.45, 7) is 4.46. The summed E-state index contributed by atoms with van der Waals surface area (Å²) in [5.41, 5.74) is 4.65. The van der Waals surface area contributed by atoms with Crippen molar-refractivity contribution in [1.29, 1.82) is 0 Å². The summed E-state index contributed by atoms with van der Waals surface area (Å²) < 4.78 is 0. The van der Waals surface area contributed by atoms with Gasteiger partial charge < -0.3 is 10.6 Å². The molecule has 4 nitrogen and oxygen atoms in total. The van der Waals surface area contributed by atoms with Gasteiger partial charge in [-0.25, -0.2) is 4.98 Å². The van der Waals surface area contributed by atoms with Crippen molar-refractivity contribution in [2.24, 2.45) is 0 Å². The first-order chi connectivity index (χ1) is 14.6. The molecule has 0 fully saturated rings. The highest BCUT2D eigenvalue weighted by Gasteiger charge is 2.09. The molecule has 0 spiro atoms. The van der Waals surface area contributed by atoms with E-state index in [0.717, 1.165) is 17.7 Å². The summed E-state index contributed by atoms with van der Waals surface area (Å²) in [5, 5.41) is 8.90. The van der Waals surface area contributed by atoms with Gasteiger partial charge in [-0.2, -0.15) is 0 Å². The number of fused-ring (bicyclic) bond motifs is 1. The lowest BCUT2D eigenvalue weighted by molar-refractivity contribution is -0.114. The first kappa shape index (κ1) is 19.8. The van der Waals surface area contributed by atoms with Gasteiger partial charge in [-0.05, 0) is 52.6 Å². The highest BCUT2D eigenvalue weighted by Crippen LogP contribution is 2.25. The van der Waals surface area contributed by atoms with Crippen LogP contribution in [0.25, 0.3) is 21.9 Å². The fourth-order valence-electron chi connectivity index (χ4n) is 3.69. The van der Waals surface area contributed by atoms with Crippen LogP contribution in [-0.4, -0.2) is 10.9 Å². The van der Waals surface area contributed by atoms with E-state index in [0.29, 0.717) is 5.82 Å². The number of aromatic nitrogens is 1. The minimum Gasteiger partial charge on any atom is -0.311 e. The van der Waals surface area contributed by atoms with Crippen molar-refractivity contribution in [1.82, 2.24) is 10.3 Å². The number of nitrogens with zero attached hydrogens (tertiary/aromatic N) is 1. The molecule has 0 aliphatic carbocycles. The Balaban J connectivity index is 1.47. The van der Waals surface area contributed by atoms with E-state index >= 15 is 0 Å². The van der Waals surface area contributed by atoms with Gasteiger partial charge >= 0.3 is 0 Å². The molecule has 0 bridgehead atoms. The Kier molecular flexibility index (Phi) is 5.87. The molecule has 3 aromatic carbocycles. The van der Waals surface area contributed by atoms with E-state index in [-0.39, 0.29) is 11.9 Å². The molecular weight excluding hydrogens is 370 g/mol. The first-order valence-corrected chi connectivity index (χ1v) is 10.1. The van der Waals surface area contributed by atoms with Crippen molar-refractivity contribution in [3.05, 3.63) is 96.2 Å². The third-order valence-electron chi connectivity index (χ3n) is 5.23. The quantitative estimate of drug-likeness (QED) is 0.440. The number of hydrogen-bond acceptors (Lipinski definition) is 3. The van der Waals surface area contributed by atoms with Crippen molar-refractivity contribution < 1.29 is 4.79 Å². The molecular formula is C26H25N3O. The summed E-state index contributed by atoms with van der Waals surface area (Å²) in [5.74, 6) is 0.441. The molecule has 4 heteroatoms. The average molecular weight is 396 g/mol. The summed E-state index contributed by atoms with van der Waals surface area (Å²) in [4.78, 5) is 15.5. The van der Waals surface area contributed by atoms with Gasteiger partial charge in [0.05, 0.1) is 0 Å². The van der Waals surface area contributed by atoms with Gasteiger partial charge in [0, 0.05) is 31.3 Å². The van der Waals surface area contributed by atoms with E-state index in [4.69, 9.17) is 0 Å². The van der Waals surface area contributed by atoms with Crippen LogP contribution < -0.4 is 10.6 Å². The Morgan fingerprint density at radius 2 is 1.73 bits per heavy atom. The van der Waals surface area contributed by atoms with E-state index in [1.54, 1.807) is 6.20 Å². The smallest absolute Gasteiger partial charge is 0.222 e. The summed E-state index contributed by atoms with van der Waals surface area (Å²) >= 11 is 0. The lowest BCUT2D eigenvalue weighted by Gasteiger charge is -2.17. The van der Waals surface area contributed by atoms with E-state index in [2.05, 4.69) is 89.3 Å². The molecule has 0 aliphatic heterocycles. The van der Waals surface area contributed by atoms with Gasteiger partial charge in [0.2, 0.25) is 5.91 Å². The Bertz CT molecular complexity index is 1160. The fourth-order valence-corrected chi connectivity index (χ4v) is 3.69. The Morgan fingerprint density at radius 3 is 2.53 bits per heavy atom. The molecule has 1 amide bonds. The molecule has 0 unspecified atom stereocenters. The molecule has 1 atom stereocenters. The summed E-state index contributed by atoms with van der Waals surface area (Å²) in [7, 11) is 0. The molecule has 4 aromatic rings. The zero-order chi connectivity index (χ0) is 20.9. The zero-order valence-electron chi connectivity index (χ0n) is 17.2. The number of anilines is 1.